The summed E-state index contributed by atoms with van der Waals surface area (Å²) in [6.45, 7) is 4.84. The van der Waals surface area contributed by atoms with Gasteiger partial charge < -0.3 is 9.90 Å². The Bertz CT molecular complexity index is 305. The van der Waals surface area contributed by atoms with Crippen LogP contribution in [0.3, 0.4) is 0 Å². The zero-order valence-corrected chi connectivity index (χ0v) is 7.99. The summed E-state index contributed by atoms with van der Waals surface area (Å²) >= 11 is 0. The van der Waals surface area contributed by atoms with Crippen molar-refractivity contribution in [3.63, 3.8) is 0 Å². The number of aryl methyl sites for hydroxylation is 1. The fourth-order valence-electron chi connectivity index (χ4n) is 1.33. The van der Waals surface area contributed by atoms with E-state index in [9.17, 15) is 9.90 Å². The first kappa shape index (κ1) is 9.77. The van der Waals surface area contributed by atoms with Crippen LogP contribution in [0.1, 0.15) is 19.2 Å². The molecule has 13 heavy (non-hydrogen) atoms. The number of aliphatic carboxylic acids is 1. The fourth-order valence-corrected chi connectivity index (χ4v) is 1.33. The Kier molecular flexibility index (Phi) is 3.06. The van der Waals surface area contributed by atoms with E-state index in [1.807, 2.05) is 17.7 Å². The van der Waals surface area contributed by atoms with Crippen LogP contribution in [0, 0.1) is 6.92 Å². The molecule has 72 valence electrons. The van der Waals surface area contributed by atoms with Gasteiger partial charge in [-0.2, -0.15) is 0 Å². The van der Waals surface area contributed by atoms with Crippen molar-refractivity contribution in [2.24, 2.45) is 0 Å². The van der Waals surface area contributed by atoms with Crippen LogP contribution < -0.4 is 9.67 Å². The van der Waals surface area contributed by atoms with Crippen molar-refractivity contribution in [1.29, 1.82) is 0 Å². The van der Waals surface area contributed by atoms with Crippen LogP contribution in [0.5, 0.6) is 0 Å². The van der Waals surface area contributed by atoms with Gasteiger partial charge in [0.25, 0.3) is 5.82 Å². The van der Waals surface area contributed by atoms with Gasteiger partial charge in [-0.15, -0.1) is 0 Å². The number of aromatic nitrogens is 2. The second kappa shape index (κ2) is 4.07. The van der Waals surface area contributed by atoms with Gasteiger partial charge in [0.05, 0.1) is 12.5 Å². The number of carbonyl (C=O) groups is 1. The maximum Gasteiger partial charge on any atom is 0.253 e. The van der Waals surface area contributed by atoms with E-state index < -0.39 is 5.97 Å². The summed E-state index contributed by atoms with van der Waals surface area (Å²) in [6.07, 6.45) is 4.70. The molecule has 0 fully saturated rings. The number of hydrogen-bond donors (Lipinski definition) is 0. The fraction of sp³-hybridized carbons (Fsp3) is 0.556. The van der Waals surface area contributed by atoms with E-state index in [4.69, 9.17) is 0 Å². The van der Waals surface area contributed by atoms with Crippen molar-refractivity contribution in [2.45, 2.75) is 33.4 Å². The zero-order valence-electron chi connectivity index (χ0n) is 7.99. The maximum absolute atomic E-state index is 10.3. The zero-order chi connectivity index (χ0) is 9.84. The van der Waals surface area contributed by atoms with Crippen LogP contribution in [-0.4, -0.2) is 10.5 Å². The number of hydrogen-bond acceptors (Lipinski definition) is 2. The summed E-state index contributed by atoms with van der Waals surface area (Å²) in [5, 5.41) is 10.3. The Labute approximate surface area is 77.4 Å². The van der Waals surface area contributed by atoms with E-state index in [0.717, 1.165) is 18.8 Å². The predicted octanol–water partition coefficient (Wildman–Crippen LogP) is -0.756. The van der Waals surface area contributed by atoms with Gasteiger partial charge in [-0.1, -0.05) is 6.92 Å². The molecule has 0 radical (unpaired) electrons. The van der Waals surface area contributed by atoms with Crippen LogP contribution in [0.25, 0.3) is 0 Å². The first-order chi connectivity index (χ1) is 6.15. The lowest BCUT2D eigenvalue weighted by Crippen LogP contribution is -2.44. The Hall–Kier alpha value is -1.32. The first-order valence-electron chi connectivity index (χ1n) is 4.40. The van der Waals surface area contributed by atoms with Crippen molar-refractivity contribution < 1.29 is 14.5 Å². The maximum atomic E-state index is 10.3. The minimum Gasteiger partial charge on any atom is -0.546 e. The monoisotopic (exact) mass is 182 g/mol. The Morgan fingerprint density at radius 3 is 2.92 bits per heavy atom. The van der Waals surface area contributed by atoms with Crippen LogP contribution in [-0.2, 0) is 17.9 Å². The molecule has 0 aliphatic heterocycles. The summed E-state index contributed by atoms with van der Waals surface area (Å²) in [5.41, 5.74) is 0. The van der Waals surface area contributed by atoms with Gasteiger partial charge in [0, 0.05) is 6.92 Å². The van der Waals surface area contributed by atoms with Gasteiger partial charge >= 0.3 is 0 Å². The molecule has 1 heterocycles. The highest BCUT2D eigenvalue weighted by Gasteiger charge is 2.10. The molecule has 0 saturated heterocycles. The lowest BCUT2D eigenvalue weighted by atomic mass is 10.4. The van der Waals surface area contributed by atoms with Crippen LogP contribution in [0.4, 0.5) is 0 Å². The van der Waals surface area contributed by atoms with Crippen molar-refractivity contribution in [1.82, 2.24) is 4.57 Å². The van der Waals surface area contributed by atoms with Crippen molar-refractivity contribution in [2.75, 3.05) is 0 Å². The first-order valence-corrected chi connectivity index (χ1v) is 4.40. The SMILES string of the molecule is CCCn1cc[n+](CC(=O)[O-])c1C. The molecule has 0 saturated carbocycles. The van der Waals surface area contributed by atoms with E-state index in [1.165, 1.54) is 0 Å². The molecule has 1 rings (SSSR count). The average Bonchev–Trinajstić information content (AvgIpc) is 2.36. The summed E-state index contributed by atoms with van der Waals surface area (Å²) in [6, 6.07) is 0. The summed E-state index contributed by atoms with van der Waals surface area (Å²) < 4.78 is 3.70. The van der Waals surface area contributed by atoms with Gasteiger partial charge in [-0.25, -0.2) is 9.13 Å². The molecular formula is C9H14N2O2. The third kappa shape index (κ3) is 2.31. The van der Waals surface area contributed by atoms with Gasteiger partial charge in [-0.3, -0.25) is 0 Å². The lowest BCUT2D eigenvalue weighted by molar-refractivity contribution is -0.696. The number of carbonyl (C=O) groups excluding carboxylic acids is 1. The number of imidazole rings is 1. The second-order valence-electron chi connectivity index (χ2n) is 3.04. The largest absolute Gasteiger partial charge is 0.546 e. The molecule has 4 heteroatoms. The molecule has 0 spiro atoms. The molecule has 1 aromatic heterocycles. The number of carboxylic acids is 1. The molecule has 0 atom stereocenters. The standard InChI is InChI=1S/C9H14N2O2/c1-3-4-10-5-6-11(8(10)2)7-9(12)13/h5-6H,3-4,7H2,1-2H3. The molecule has 0 bridgehead atoms. The molecule has 0 N–H and O–H groups in total. The highest BCUT2D eigenvalue weighted by atomic mass is 16.4. The summed E-state index contributed by atoms with van der Waals surface area (Å²) in [7, 11) is 0. The van der Waals surface area contributed by atoms with E-state index in [1.54, 1.807) is 10.8 Å². The molecule has 4 nitrogen and oxygen atoms in total. The Balaban J connectivity index is 2.79. The highest BCUT2D eigenvalue weighted by molar-refractivity contribution is 5.62. The van der Waals surface area contributed by atoms with Crippen LogP contribution in [0.2, 0.25) is 0 Å². The van der Waals surface area contributed by atoms with Crippen molar-refractivity contribution in [3.8, 4) is 0 Å². The molecule has 0 unspecified atom stereocenters. The molecule has 0 amide bonds. The lowest BCUT2D eigenvalue weighted by Gasteiger charge is -2.00. The third-order valence-corrected chi connectivity index (χ3v) is 2.02. The number of rotatable bonds is 4. The average molecular weight is 182 g/mol. The topological polar surface area (TPSA) is 48.9 Å². The molecular weight excluding hydrogens is 168 g/mol. The van der Waals surface area contributed by atoms with Crippen LogP contribution >= 0.6 is 0 Å². The quantitative estimate of drug-likeness (QED) is 0.575. The Morgan fingerprint density at radius 2 is 2.38 bits per heavy atom. The van der Waals surface area contributed by atoms with Crippen LogP contribution in [0.15, 0.2) is 12.4 Å². The van der Waals surface area contributed by atoms with Gasteiger partial charge in [-0.05, 0) is 6.42 Å². The van der Waals surface area contributed by atoms with Crippen molar-refractivity contribution >= 4 is 5.97 Å². The van der Waals surface area contributed by atoms with Gasteiger partial charge in [0.2, 0.25) is 0 Å². The third-order valence-electron chi connectivity index (χ3n) is 2.02. The normalized spacial score (nSPS) is 10.3. The number of carboxylic acid groups (broad SMARTS) is 1. The molecule has 0 aromatic carbocycles. The van der Waals surface area contributed by atoms with E-state index in [0.29, 0.717) is 0 Å². The van der Waals surface area contributed by atoms with E-state index in [2.05, 4.69) is 6.92 Å². The summed E-state index contributed by atoms with van der Waals surface area (Å²) in [4.78, 5) is 10.3. The smallest absolute Gasteiger partial charge is 0.253 e. The predicted molar refractivity (Wildman–Crippen MR) is 44.7 cm³/mol. The number of nitrogens with zero attached hydrogens (tertiary/aromatic N) is 2. The van der Waals surface area contributed by atoms with Crippen molar-refractivity contribution in [3.05, 3.63) is 18.2 Å². The van der Waals surface area contributed by atoms with Gasteiger partial charge in [0.15, 0.2) is 0 Å². The highest BCUT2D eigenvalue weighted by Crippen LogP contribution is 1.95. The minimum atomic E-state index is -1.05. The van der Waals surface area contributed by atoms with Gasteiger partial charge in [0.1, 0.15) is 18.9 Å². The molecule has 1 aromatic rings. The molecule has 0 aliphatic rings. The van der Waals surface area contributed by atoms with E-state index >= 15 is 0 Å². The second-order valence-corrected chi connectivity index (χ2v) is 3.04. The molecule has 0 aliphatic carbocycles. The van der Waals surface area contributed by atoms with E-state index in [-0.39, 0.29) is 6.54 Å². The minimum absolute atomic E-state index is 0.0669. The summed E-state index contributed by atoms with van der Waals surface area (Å²) in [5.74, 6) is -0.103. The Morgan fingerprint density at radius 1 is 1.69 bits per heavy atom.